The smallest absolute Gasteiger partial charge is 0.240 e. The number of halogens is 1. The first-order chi connectivity index (χ1) is 11.0. The van der Waals surface area contributed by atoms with Crippen LogP contribution in [0.2, 0.25) is 0 Å². The van der Waals surface area contributed by atoms with Crippen LogP contribution in [0, 0.1) is 5.92 Å². The van der Waals surface area contributed by atoms with Gasteiger partial charge in [-0.1, -0.05) is 19.3 Å². The molecule has 0 radical (unpaired) electrons. The van der Waals surface area contributed by atoms with Gasteiger partial charge in [-0.3, -0.25) is 9.59 Å². The second-order valence-electron chi connectivity index (χ2n) is 7.06. The van der Waals surface area contributed by atoms with Crippen LogP contribution < -0.4 is 0 Å². The maximum atomic E-state index is 13.0. The Bertz CT molecular complexity index is 458. The maximum absolute atomic E-state index is 13.0. The highest BCUT2D eigenvalue weighted by molar-refractivity contribution is 8.00. The lowest BCUT2D eigenvalue weighted by Gasteiger charge is -2.45. The Morgan fingerprint density at radius 1 is 1.13 bits per heavy atom. The summed E-state index contributed by atoms with van der Waals surface area (Å²) in [5, 5.41) is -0.458. The summed E-state index contributed by atoms with van der Waals surface area (Å²) in [5.41, 5.74) is 0. The number of hydrogen-bond acceptors (Lipinski definition) is 3. The van der Waals surface area contributed by atoms with Crippen molar-refractivity contribution in [2.75, 3.05) is 25.4 Å². The molecule has 3 fully saturated rings. The SMILES string of the molecule is C[C@@H](Cl)C(=O)N1CCC2(CC1)SCCN2C(=O)C1CCCCC1. The fourth-order valence-electron chi connectivity index (χ4n) is 4.23. The minimum absolute atomic E-state index is 0.0228. The van der Waals surface area contributed by atoms with Crippen LogP contribution in [0.5, 0.6) is 0 Å². The average Bonchev–Trinajstić information content (AvgIpc) is 2.98. The molecule has 130 valence electrons. The highest BCUT2D eigenvalue weighted by Gasteiger charge is 2.48. The normalized spacial score (nSPS) is 26.5. The zero-order valence-electron chi connectivity index (χ0n) is 13.9. The molecule has 0 unspecified atom stereocenters. The molecule has 1 aliphatic carbocycles. The van der Waals surface area contributed by atoms with Gasteiger partial charge in [0.1, 0.15) is 5.38 Å². The summed E-state index contributed by atoms with van der Waals surface area (Å²) >= 11 is 7.85. The predicted octanol–water partition coefficient (Wildman–Crippen LogP) is 3.09. The summed E-state index contributed by atoms with van der Waals surface area (Å²) in [6, 6.07) is 0. The fourth-order valence-corrected chi connectivity index (χ4v) is 5.83. The van der Waals surface area contributed by atoms with Gasteiger partial charge in [0.25, 0.3) is 0 Å². The lowest BCUT2D eigenvalue weighted by molar-refractivity contribution is -0.141. The number of likely N-dealkylation sites (tertiary alicyclic amines) is 1. The lowest BCUT2D eigenvalue weighted by atomic mass is 9.87. The standard InChI is InChI=1S/C17H27ClN2O2S/c1-13(18)15(21)19-9-7-17(8-10-19)20(11-12-23-17)16(22)14-5-3-2-4-6-14/h13-14H,2-12H2,1H3/t13-/m1/s1. The minimum Gasteiger partial charge on any atom is -0.341 e. The van der Waals surface area contributed by atoms with Crippen molar-refractivity contribution in [2.24, 2.45) is 5.92 Å². The van der Waals surface area contributed by atoms with Crippen molar-refractivity contribution < 1.29 is 9.59 Å². The van der Waals surface area contributed by atoms with E-state index in [1.807, 2.05) is 16.7 Å². The van der Waals surface area contributed by atoms with Gasteiger partial charge in [0.05, 0.1) is 4.87 Å². The third-order valence-corrected chi connectivity index (χ3v) is 7.33. The van der Waals surface area contributed by atoms with E-state index in [1.54, 1.807) is 6.92 Å². The van der Waals surface area contributed by atoms with Crippen LogP contribution >= 0.6 is 23.4 Å². The van der Waals surface area contributed by atoms with Crippen molar-refractivity contribution in [3.05, 3.63) is 0 Å². The van der Waals surface area contributed by atoms with Gasteiger partial charge in [-0.25, -0.2) is 0 Å². The summed E-state index contributed by atoms with van der Waals surface area (Å²) < 4.78 is 0. The highest BCUT2D eigenvalue weighted by Crippen LogP contribution is 2.45. The van der Waals surface area contributed by atoms with E-state index in [4.69, 9.17) is 11.6 Å². The van der Waals surface area contributed by atoms with Crippen LogP contribution in [0.25, 0.3) is 0 Å². The molecule has 2 amide bonds. The highest BCUT2D eigenvalue weighted by atomic mass is 35.5. The summed E-state index contributed by atoms with van der Waals surface area (Å²) in [6.07, 6.45) is 7.55. The Hall–Kier alpha value is -0.420. The Kier molecular flexibility index (Phi) is 5.46. The Morgan fingerprint density at radius 2 is 1.78 bits per heavy atom. The van der Waals surface area contributed by atoms with E-state index in [-0.39, 0.29) is 16.7 Å². The zero-order chi connectivity index (χ0) is 16.4. The van der Waals surface area contributed by atoms with Crippen LogP contribution in [0.15, 0.2) is 0 Å². The predicted molar refractivity (Wildman–Crippen MR) is 94.6 cm³/mol. The van der Waals surface area contributed by atoms with Crippen molar-refractivity contribution in [1.29, 1.82) is 0 Å². The van der Waals surface area contributed by atoms with Gasteiger partial charge >= 0.3 is 0 Å². The third-order valence-electron chi connectivity index (χ3n) is 5.59. The molecule has 0 aromatic rings. The van der Waals surface area contributed by atoms with E-state index >= 15 is 0 Å². The molecule has 1 spiro atoms. The molecule has 1 saturated carbocycles. The van der Waals surface area contributed by atoms with Gasteiger partial charge in [0, 0.05) is 31.3 Å². The minimum atomic E-state index is -0.458. The average molecular weight is 359 g/mol. The summed E-state index contributed by atoms with van der Waals surface area (Å²) in [5.74, 6) is 1.66. The van der Waals surface area contributed by atoms with Crippen molar-refractivity contribution >= 4 is 35.2 Å². The van der Waals surface area contributed by atoms with E-state index in [0.29, 0.717) is 5.91 Å². The topological polar surface area (TPSA) is 40.6 Å². The van der Waals surface area contributed by atoms with Crippen molar-refractivity contribution in [1.82, 2.24) is 9.80 Å². The summed E-state index contributed by atoms with van der Waals surface area (Å²) in [4.78, 5) is 29.0. The van der Waals surface area contributed by atoms with Crippen molar-refractivity contribution in [3.63, 3.8) is 0 Å². The van der Waals surface area contributed by atoms with Crippen molar-refractivity contribution in [3.8, 4) is 0 Å². The van der Waals surface area contributed by atoms with Gasteiger partial charge in [0.2, 0.25) is 11.8 Å². The number of amides is 2. The molecule has 2 aliphatic heterocycles. The van der Waals surface area contributed by atoms with Gasteiger partial charge in [-0.15, -0.1) is 23.4 Å². The number of thioether (sulfide) groups is 1. The largest absolute Gasteiger partial charge is 0.341 e. The number of piperidine rings is 1. The Labute approximate surface area is 148 Å². The van der Waals surface area contributed by atoms with Gasteiger partial charge < -0.3 is 9.80 Å². The first-order valence-electron chi connectivity index (χ1n) is 8.92. The Morgan fingerprint density at radius 3 is 2.39 bits per heavy atom. The number of carbonyl (C=O) groups excluding carboxylic acids is 2. The van der Waals surface area contributed by atoms with Crippen LogP contribution in [-0.4, -0.2) is 57.2 Å². The molecule has 0 N–H and O–H groups in total. The van der Waals surface area contributed by atoms with Gasteiger partial charge in [0.15, 0.2) is 0 Å². The molecule has 4 nitrogen and oxygen atoms in total. The maximum Gasteiger partial charge on any atom is 0.240 e. The molecule has 3 rings (SSSR count). The van der Waals surface area contributed by atoms with E-state index in [2.05, 4.69) is 4.90 Å². The number of carbonyl (C=O) groups is 2. The molecule has 6 heteroatoms. The quantitative estimate of drug-likeness (QED) is 0.712. The van der Waals surface area contributed by atoms with Gasteiger partial charge in [-0.05, 0) is 32.6 Å². The zero-order valence-corrected chi connectivity index (χ0v) is 15.5. The summed E-state index contributed by atoms with van der Waals surface area (Å²) in [7, 11) is 0. The Balaban J connectivity index is 1.65. The molecule has 0 aromatic carbocycles. The molecule has 2 heterocycles. The van der Waals surface area contributed by atoms with E-state index in [1.165, 1.54) is 19.3 Å². The number of hydrogen-bond donors (Lipinski definition) is 0. The second-order valence-corrected chi connectivity index (χ2v) is 9.17. The number of nitrogens with zero attached hydrogens (tertiary/aromatic N) is 2. The molecular weight excluding hydrogens is 332 g/mol. The molecule has 0 bridgehead atoms. The second kappa shape index (κ2) is 7.22. The van der Waals surface area contributed by atoms with Crippen LogP contribution in [0.1, 0.15) is 51.9 Å². The van der Waals surface area contributed by atoms with Crippen LogP contribution in [0.4, 0.5) is 0 Å². The summed E-state index contributed by atoms with van der Waals surface area (Å²) in [6.45, 7) is 4.05. The first kappa shape index (κ1) is 17.4. The fraction of sp³-hybridized carbons (Fsp3) is 0.882. The third kappa shape index (κ3) is 3.51. The molecule has 2 saturated heterocycles. The monoisotopic (exact) mass is 358 g/mol. The first-order valence-corrected chi connectivity index (χ1v) is 10.3. The molecule has 1 atom stereocenters. The van der Waals surface area contributed by atoms with E-state index in [9.17, 15) is 9.59 Å². The lowest BCUT2D eigenvalue weighted by Crippen LogP contribution is -2.55. The van der Waals surface area contributed by atoms with Crippen LogP contribution in [0.3, 0.4) is 0 Å². The molecular formula is C17H27ClN2O2S. The van der Waals surface area contributed by atoms with E-state index in [0.717, 1.165) is 51.1 Å². The van der Waals surface area contributed by atoms with Crippen molar-refractivity contribution in [2.45, 2.75) is 62.1 Å². The molecule has 23 heavy (non-hydrogen) atoms. The number of alkyl halides is 1. The van der Waals surface area contributed by atoms with E-state index < -0.39 is 5.38 Å². The van der Waals surface area contributed by atoms with Gasteiger partial charge in [-0.2, -0.15) is 0 Å². The van der Waals surface area contributed by atoms with Crippen LogP contribution in [-0.2, 0) is 9.59 Å². The molecule has 0 aromatic heterocycles. The number of rotatable bonds is 2. The molecule has 3 aliphatic rings.